The predicted molar refractivity (Wildman–Crippen MR) is 122 cm³/mol. The van der Waals surface area contributed by atoms with Crippen LogP contribution in [0.5, 0.6) is 0 Å². The molecule has 1 atom stereocenters. The lowest BCUT2D eigenvalue weighted by molar-refractivity contribution is 0.103. The first-order valence-corrected chi connectivity index (χ1v) is 9.86. The van der Waals surface area contributed by atoms with Gasteiger partial charge in [-0.3, -0.25) is 4.79 Å². The van der Waals surface area contributed by atoms with E-state index in [1.807, 2.05) is 97.1 Å². The Hall–Kier alpha value is -4.02. The van der Waals surface area contributed by atoms with E-state index in [0.29, 0.717) is 11.1 Å². The minimum atomic E-state index is -0.927. The number of carbonyl (C=O) groups is 1. The summed E-state index contributed by atoms with van der Waals surface area (Å²) >= 11 is 0. The molecule has 0 fully saturated rings. The maximum atomic E-state index is 11.8. The molecular weight excluding hydrogens is 386 g/mol. The quantitative estimate of drug-likeness (QED) is 0.197. The molecule has 0 bridgehead atoms. The lowest BCUT2D eigenvalue weighted by Gasteiger charge is -2.12. The Balaban J connectivity index is 0.000000179. The number of aliphatic hydroxyl groups excluding tert-OH is 1. The first-order valence-electron chi connectivity index (χ1n) is 9.86. The zero-order valence-electron chi connectivity index (χ0n) is 16.9. The molecule has 0 aliphatic rings. The van der Waals surface area contributed by atoms with Crippen molar-refractivity contribution >= 4 is 11.5 Å². The van der Waals surface area contributed by atoms with Gasteiger partial charge in [0.1, 0.15) is 11.8 Å². The number of hydrogen-bond donors (Lipinski definition) is 2. The van der Waals surface area contributed by atoms with Crippen LogP contribution in [0.25, 0.3) is 0 Å². The third-order valence-corrected chi connectivity index (χ3v) is 4.62. The van der Waals surface area contributed by atoms with Crippen LogP contribution in [0.15, 0.2) is 126 Å². The van der Waals surface area contributed by atoms with Crippen molar-refractivity contribution in [1.29, 1.82) is 0 Å². The van der Waals surface area contributed by atoms with Gasteiger partial charge in [0.05, 0.1) is 0 Å². The Morgan fingerprint density at radius 1 is 0.581 bits per heavy atom. The molecule has 4 nitrogen and oxygen atoms in total. The maximum Gasteiger partial charge on any atom is 0.193 e. The van der Waals surface area contributed by atoms with Gasteiger partial charge in [0.25, 0.3) is 0 Å². The number of hydrogen-bond acceptors (Lipinski definition) is 4. The van der Waals surface area contributed by atoms with Crippen molar-refractivity contribution in [3.8, 4) is 0 Å². The molecule has 0 heterocycles. The van der Waals surface area contributed by atoms with Crippen molar-refractivity contribution < 1.29 is 15.1 Å². The van der Waals surface area contributed by atoms with Gasteiger partial charge >= 0.3 is 0 Å². The number of rotatable bonds is 5. The summed E-state index contributed by atoms with van der Waals surface area (Å²) in [6, 6.07) is 36.8. The monoisotopic (exact) mass is 409 g/mol. The highest BCUT2D eigenvalue weighted by Crippen LogP contribution is 2.18. The van der Waals surface area contributed by atoms with Gasteiger partial charge in [-0.2, -0.15) is 0 Å². The number of oxime groups is 1. The second-order valence-electron chi connectivity index (χ2n) is 6.73. The average molecular weight is 409 g/mol. The van der Waals surface area contributed by atoms with E-state index in [1.165, 1.54) is 0 Å². The molecule has 2 N–H and O–H groups in total. The Bertz CT molecular complexity index is 1050. The molecule has 4 heteroatoms. The number of ketones is 1. The van der Waals surface area contributed by atoms with Crippen molar-refractivity contribution in [2.75, 3.05) is 0 Å². The van der Waals surface area contributed by atoms with Crippen LogP contribution >= 0.6 is 0 Å². The molecule has 0 aliphatic carbocycles. The van der Waals surface area contributed by atoms with Crippen LogP contribution in [-0.2, 0) is 0 Å². The molecule has 0 aromatic heterocycles. The highest BCUT2D eigenvalue weighted by molar-refractivity contribution is 6.08. The first kappa shape index (κ1) is 21.7. The minimum absolute atomic E-state index is 0.0752. The Morgan fingerprint density at radius 3 is 1.32 bits per heavy atom. The van der Waals surface area contributed by atoms with Crippen molar-refractivity contribution in [1.82, 2.24) is 0 Å². The van der Waals surface area contributed by atoms with Gasteiger partial charge in [-0.05, 0) is 5.56 Å². The highest BCUT2D eigenvalue weighted by Gasteiger charge is 2.17. The molecule has 4 aromatic carbocycles. The van der Waals surface area contributed by atoms with Crippen molar-refractivity contribution in [2.24, 2.45) is 5.16 Å². The summed E-state index contributed by atoms with van der Waals surface area (Å²) in [5.41, 5.74) is 3.12. The first-order chi connectivity index (χ1) is 15.2. The van der Waals surface area contributed by atoms with Crippen LogP contribution < -0.4 is 0 Å². The van der Waals surface area contributed by atoms with Crippen LogP contribution in [0, 0.1) is 0 Å². The van der Waals surface area contributed by atoms with Crippen LogP contribution in [0.3, 0.4) is 0 Å². The van der Waals surface area contributed by atoms with Crippen LogP contribution in [0.2, 0.25) is 0 Å². The summed E-state index contributed by atoms with van der Waals surface area (Å²) < 4.78 is 0. The Morgan fingerprint density at radius 2 is 0.935 bits per heavy atom. The van der Waals surface area contributed by atoms with E-state index in [0.717, 1.165) is 11.1 Å². The van der Waals surface area contributed by atoms with Crippen LogP contribution in [0.4, 0.5) is 0 Å². The topological polar surface area (TPSA) is 69.9 Å². The van der Waals surface area contributed by atoms with Crippen LogP contribution in [-0.4, -0.2) is 21.8 Å². The SMILES string of the molecule is O=C(c1ccccc1)c1ccccc1.ON=C(c1ccccc1)C(O)c1ccccc1. The largest absolute Gasteiger partial charge is 0.411 e. The van der Waals surface area contributed by atoms with Gasteiger partial charge in [-0.25, -0.2) is 0 Å². The fourth-order valence-corrected chi connectivity index (χ4v) is 3.02. The summed E-state index contributed by atoms with van der Waals surface area (Å²) in [5, 5.41) is 22.4. The summed E-state index contributed by atoms with van der Waals surface area (Å²) in [7, 11) is 0. The smallest absolute Gasteiger partial charge is 0.193 e. The van der Waals surface area contributed by atoms with E-state index < -0.39 is 6.10 Å². The third-order valence-electron chi connectivity index (χ3n) is 4.62. The number of benzene rings is 4. The zero-order valence-corrected chi connectivity index (χ0v) is 16.9. The normalized spacial score (nSPS) is 11.7. The van der Waals surface area contributed by atoms with Crippen molar-refractivity contribution in [3.05, 3.63) is 144 Å². The van der Waals surface area contributed by atoms with Gasteiger partial charge in [0, 0.05) is 16.7 Å². The molecule has 0 spiro atoms. The number of carbonyl (C=O) groups excluding carboxylic acids is 1. The highest BCUT2D eigenvalue weighted by atomic mass is 16.4. The lowest BCUT2D eigenvalue weighted by atomic mass is 9.99. The molecule has 4 aromatic rings. The molecular formula is C27H23NO3. The van der Waals surface area contributed by atoms with Gasteiger partial charge in [0.15, 0.2) is 5.78 Å². The molecule has 0 saturated heterocycles. The maximum absolute atomic E-state index is 11.8. The molecule has 0 radical (unpaired) electrons. The van der Waals surface area contributed by atoms with Crippen LogP contribution in [0.1, 0.15) is 33.2 Å². The minimum Gasteiger partial charge on any atom is -0.411 e. The zero-order chi connectivity index (χ0) is 21.9. The van der Waals surface area contributed by atoms with Gasteiger partial charge in [-0.15, -0.1) is 0 Å². The fourth-order valence-electron chi connectivity index (χ4n) is 3.02. The molecule has 31 heavy (non-hydrogen) atoms. The van der Waals surface area contributed by atoms with E-state index in [-0.39, 0.29) is 11.5 Å². The van der Waals surface area contributed by atoms with E-state index in [1.54, 1.807) is 24.3 Å². The molecule has 0 saturated carbocycles. The number of aliphatic hydroxyl groups is 1. The molecule has 1 unspecified atom stereocenters. The molecule has 0 aliphatic heterocycles. The van der Waals surface area contributed by atoms with Crippen molar-refractivity contribution in [2.45, 2.75) is 6.10 Å². The Labute approximate surface area is 181 Å². The lowest BCUT2D eigenvalue weighted by Crippen LogP contribution is -2.13. The van der Waals surface area contributed by atoms with Gasteiger partial charge < -0.3 is 10.3 Å². The van der Waals surface area contributed by atoms with Gasteiger partial charge in [0.2, 0.25) is 0 Å². The fraction of sp³-hybridized carbons (Fsp3) is 0.0370. The summed E-state index contributed by atoms with van der Waals surface area (Å²) in [4.78, 5) is 11.8. The van der Waals surface area contributed by atoms with E-state index in [2.05, 4.69) is 5.16 Å². The average Bonchev–Trinajstić information content (AvgIpc) is 2.86. The van der Waals surface area contributed by atoms with E-state index in [4.69, 9.17) is 5.21 Å². The second-order valence-corrected chi connectivity index (χ2v) is 6.73. The number of nitrogens with zero attached hydrogens (tertiary/aromatic N) is 1. The van der Waals surface area contributed by atoms with E-state index >= 15 is 0 Å². The molecule has 4 rings (SSSR count). The second kappa shape index (κ2) is 11.2. The molecule has 154 valence electrons. The third kappa shape index (κ3) is 5.98. The summed E-state index contributed by atoms with van der Waals surface area (Å²) in [5.74, 6) is 0.0752. The standard InChI is InChI=1S/C14H13NO2.C13H10O/c16-14(12-9-5-2-6-10-12)13(15-17)11-7-3-1-4-8-11;14-13(11-7-3-1-4-8-11)12-9-5-2-6-10-12/h1-10,14,16-17H;1-10H. The van der Waals surface area contributed by atoms with E-state index in [9.17, 15) is 9.90 Å². The summed E-state index contributed by atoms with van der Waals surface area (Å²) in [6.07, 6.45) is -0.927. The van der Waals surface area contributed by atoms with Gasteiger partial charge in [-0.1, -0.05) is 126 Å². The predicted octanol–water partition coefficient (Wildman–Crippen LogP) is 5.52. The molecule has 0 amide bonds. The van der Waals surface area contributed by atoms with Crippen molar-refractivity contribution in [3.63, 3.8) is 0 Å². The summed E-state index contributed by atoms with van der Waals surface area (Å²) in [6.45, 7) is 0. The Kier molecular flexibility index (Phi) is 7.86.